The number of aromatic nitrogens is 2. The predicted octanol–water partition coefficient (Wildman–Crippen LogP) is 5.62. The van der Waals surface area contributed by atoms with Crippen molar-refractivity contribution in [1.82, 2.24) is 20.4 Å². The van der Waals surface area contributed by atoms with E-state index in [1.165, 1.54) is 25.1 Å². The Morgan fingerprint density at radius 2 is 1.90 bits per heavy atom. The largest absolute Gasteiger partial charge is 0.478 e. The van der Waals surface area contributed by atoms with E-state index in [-0.39, 0.29) is 34.1 Å². The standard InChI is InChI=1S/C30H28ClF3N4O4/c1-15(27(39)35-14-18-5-9-23(32)22(31)13-18)11-25(38-16(2)12-26(37-38)30(4,33)34)28(40)36-24-10-8-19-17(3)20(29(41)42)6-7-21(19)24/h5-7,9,11-13,24H,1,8,10,14H2,2-4H3,(H,35,39)(H,36,40)(H,41,42)/b25-11-. The number of rotatable bonds is 9. The van der Waals surface area contributed by atoms with E-state index in [0.717, 1.165) is 34.0 Å². The molecule has 220 valence electrons. The Morgan fingerprint density at radius 3 is 2.52 bits per heavy atom. The van der Waals surface area contributed by atoms with Gasteiger partial charge >= 0.3 is 5.97 Å². The van der Waals surface area contributed by atoms with Crippen molar-refractivity contribution in [3.8, 4) is 0 Å². The van der Waals surface area contributed by atoms with Crippen LogP contribution in [0.25, 0.3) is 5.70 Å². The summed E-state index contributed by atoms with van der Waals surface area (Å²) in [6, 6.07) is 7.73. The fourth-order valence-corrected chi connectivity index (χ4v) is 5.03. The van der Waals surface area contributed by atoms with Crippen LogP contribution >= 0.6 is 11.6 Å². The lowest BCUT2D eigenvalue weighted by Crippen LogP contribution is -2.31. The van der Waals surface area contributed by atoms with E-state index in [9.17, 15) is 32.7 Å². The molecule has 42 heavy (non-hydrogen) atoms. The number of nitrogens with one attached hydrogen (secondary N) is 2. The molecule has 2 amide bonds. The third-order valence-electron chi connectivity index (χ3n) is 7.07. The van der Waals surface area contributed by atoms with Crippen molar-refractivity contribution in [2.75, 3.05) is 0 Å². The molecule has 8 nitrogen and oxygen atoms in total. The van der Waals surface area contributed by atoms with Gasteiger partial charge in [-0.25, -0.2) is 13.9 Å². The second-order valence-electron chi connectivity index (χ2n) is 10.1. The van der Waals surface area contributed by atoms with Crippen molar-refractivity contribution in [2.24, 2.45) is 0 Å². The summed E-state index contributed by atoms with van der Waals surface area (Å²) in [4.78, 5) is 38.0. The third kappa shape index (κ3) is 6.41. The second-order valence-corrected chi connectivity index (χ2v) is 10.5. The number of carboxylic acid groups (broad SMARTS) is 1. The van der Waals surface area contributed by atoms with Crippen LogP contribution in [0.3, 0.4) is 0 Å². The zero-order valence-electron chi connectivity index (χ0n) is 23.0. The van der Waals surface area contributed by atoms with Crippen LogP contribution in [0, 0.1) is 19.7 Å². The molecule has 1 aromatic heterocycles. The van der Waals surface area contributed by atoms with Gasteiger partial charge in [0.05, 0.1) is 16.6 Å². The first kappa shape index (κ1) is 30.6. The molecule has 2 aromatic carbocycles. The molecule has 0 saturated heterocycles. The number of fused-ring (bicyclic) bond motifs is 1. The lowest BCUT2D eigenvalue weighted by Gasteiger charge is -2.18. The summed E-state index contributed by atoms with van der Waals surface area (Å²) in [5, 5.41) is 18.7. The van der Waals surface area contributed by atoms with Crippen LogP contribution in [0.15, 0.2) is 54.6 Å². The summed E-state index contributed by atoms with van der Waals surface area (Å²) in [7, 11) is 0. The topological polar surface area (TPSA) is 113 Å². The molecule has 3 aromatic rings. The normalized spacial score (nSPS) is 14.8. The zero-order chi connectivity index (χ0) is 30.9. The summed E-state index contributed by atoms with van der Waals surface area (Å²) in [6.45, 7) is 7.60. The quantitative estimate of drug-likeness (QED) is 0.218. The summed E-state index contributed by atoms with van der Waals surface area (Å²) in [5.74, 6) is -6.32. The highest BCUT2D eigenvalue weighted by Crippen LogP contribution is 2.35. The minimum absolute atomic E-state index is 0.0171. The van der Waals surface area contributed by atoms with Crippen molar-refractivity contribution in [3.63, 3.8) is 0 Å². The maximum absolute atomic E-state index is 14.1. The number of hydrogen-bond acceptors (Lipinski definition) is 4. The maximum atomic E-state index is 14.1. The molecule has 0 bridgehead atoms. The van der Waals surface area contributed by atoms with E-state index in [1.807, 2.05) is 0 Å². The average Bonchev–Trinajstić information content (AvgIpc) is 3.51. The lowest BCUT2D eigenvalue weighted by molar-refractivity contribution is -0.117. The maximum Gasteiger partial charge on any atom is 0.335 e. The van der Waals surface area contributed by atoms with Crippen LogP contribution in [0.5, 0.6) is 0 Å². The Labute approximate surface area is 244 Å². The minimum Gasteiger partial charge on any atom is -0.478 e. The van der Waals surface area contributed by atoms with Gasteiger partial charge in [0.1, 0.15) is 17.2 Å². The van der Waals surface area contributed by atoms with Gasteiger partial charge in [-0.1, -0.05) is 30.3 Å². The van der Waals surface area contributed by atoms with Gasteiger partial charge < -0.3 is 15.7 Å². The lowest BCUT2D eigenvalue weighted by atomic mass is 9.98. The number of aromatic carboxylic acids is 1. The van der Waals surface area contributed by atoms with Crippen molar-refractivity contribution in [1.29, 1.82) is 0 Å². The molecule has 1 aliphatic rings. The second kappa shape index (κ2) is 11.8. The summed E-state index contributed by atoms with van der Waals surface area (Å²) < 4.78 is 42.6. The summed E-state index contributed by atoms with van der Waals surface area (Å²) in [6.07, 6.45) is 2.16. The van der Waals surface area contributed by atoms with Gasteiger partial charge in [0.15, 0.2) is 0 Å². The molecule has 1 heterocycles. The van der Waals surface area contributed by atoms with Crippen molar-refractivity contribution < 1.29 is 32.7 Å². The smallest absolute Gasteiger partial charge is 0.335 e. The van der Waals surface area contributed by atoms with Crippen molar-refractivity contribution in [2.45, 2.75) is 52.1 Å². The van der Waals surface area contributed by atoms with E-state index in [0.29, 0.717) is 30.9 Å². The molecule has 1 aliphatic carbocycles. The van der Waals surface area contributed by atoms with Gasteiger partial charge in [-0.05, 0) is 79.3 Å². The van der Waals surface area contributed by atoms with Crippen LogP contribution in [-0.2, 0) is 28.5 Å². The zero-order valence-corrected chi connectivity index (χ0v) is 23.8. The van der Waals surface area contributed by atoms with Crippen LogP contribution < -0.4 is 10.6 Å². The highest BCUT2D eigenvalue weighted by atomic mass is 35.5. The minimum atomic E-state index is -3.29. The number of carbonyl (C=O) groups excluding carboxylic acids is 2. The van der Waals surface area contributed by atoms with Gasteiger partial charge in [0.2, 0.25) is 0 Å². The number of aryl methyl sites for hydroxylation is 1. The number of nitrogens with zero attached hydrogens (tertiary/aromatic N) is 2. The average molecular weight is 601 g/mol. The molecule has 1 atom stereocenters. The number of alkyl halides is 2. The van der Waals surface area contributed by atoms with Gasteiger partial charge in [0.25, 0.3) is 17.7 Å². The Balaban J connectivity index is 1.62. The molecule has 0 aliphatic heterocycles. The number of halogens is 4. The fourth-order valence-electron chi connectivity index (χ4n) is 4.83. The van der Waals surface area contributed by atoms with Gasteiger partial charge in [0, 0.05) is 24.7 Å². The van der Waals surface area contributed by atoms with Gasteiger partial charge in [-0.15, -0.1) is 0 Å². The fraction of sp³-hybridized carbons (Fsp3) is 0.267. The van der Waals surface area contributed by atoms with Crippen LogP contribution in [0.1, 0.15) is 63.4 Å². The number of benzene rings is 2. The van der Waals surface area contributed by atoms with Gasteiger partial charge in [-0.3, -0.25) is 9.59 Å². The van der Waals surface area contributed by atoms with Crippen LogP contribution in [0.4, 0.5) is 13.2 Å². The molecule has 12 heteroatoms. The Morgan fingerprint density at radius 1 is 1.19 bits per heavy atom. The van der Waals surface area contributed by atoms with E-state index in [2.05, 4.69) is 22.3 Å². The molecule has 0 saturated carbocycles. The van der Waals surface area contributed by atoms with Crippen molar-refractivity contribution in [3.05, 3.63) is 105 Å². The number of amides is 2. The molecule has 0 radical (unpaired) electrons. The summed E-state index contributed by atoms with van der Waals surface area (Å²) >= 11 is 5.80. The highest BCUT2D eigenvalue weighted by Gasteiger charge is 2.32. The Bertz CT molecular complexity index is 1640. The van der Waals surface area contributed by atoms with E-state index in [1.54, 1.807) is 13.0 Å². The molecular formula is C30H28ClF3N4O4. The van der Waals surface area contributed by atoms with Crippen LogP contribution in [0.2, 0.25) is 5.02 Å². The first-order chi connectivity index (χ1) is 19.7. The van der Waals surface area contributed by atoms with Gasteiger partial charge in [-0.2, -0.15) is 13.9 Å². The molecule has 1 unspecified atom stereocenters. The van der Waals surface area contributed by atoms with Crippen molar-refractivity contribution >= 4 is 35.1 Å². The number of hydrogen-bond donors (Lipinski definition) is 3. The SMILES string of the molecule is C=C(/C=C(/C(=O)NC1CCc2c1ccc(C(=O)O)c2C)n1nc(C(C)(F)F)cc1C)C(=O)NCc1ccc(F)c(Cl)c1. The molecule has 0 spiro atoms. The highest BCUT2D eigenvalue weighted by molar-refractivity contribution is 6.30. The third-order valence-corrected chi connectivity index (χ3v) is 7.36. The van der Waals surface area contributed by atoms with Crippen LogP contribution in [-0.4, -0.2) is 32.7 Å². The predicted molar refractivity (Wildman–Crippen MR) is 151 cm³/mol. The molecule has 4 rings (SSSR count). The molecular weight excluding hydrogens is 573 g/mol. The van der Waals surface area contributed by atoms with E-state index >= 15 is 0 Å². The monoisotopic (exact) mass is 600 g/mol. The molecule has 0 fully saturated rings. The Hall–Kier alpha value is -4.38. The summed E-state index contributed by atoms with van der Waals surface area (Å²) in [5.41, 5.74) is 2.13. The Kier molecular flexibility index (Phi) is 8.63. The van der Waals surface area contributed by atoms with E-state index in [4.69, 9.17) is 11.6 Å². The van der Waals surface area contributed by atoms with E-state index < -0.39 is 41.3 Å². The first-order valence-corrected chi connectivity index (χ1v) is 13.3. The first-order valence-electron chi connectivity index (χ1n) is 12.9. The number of carboxylic acids is 1. The molecule has 3 N–H and O–H groups in total. The number of carbonyl (C=O) groups is 3.